The largest absolute Gasteiger partial charge is 0.0894 e. The predicted molar refractivity (Wildman–Crippen MR) is 62.5 cm³/mol. The van der Waals surface area contributed by atoms with Crippen molar-refractivity contribution in [1.82, 2.24) is 0 Å². The van der Waals surface area contributed by atoms with E-state index in [1.807, 2.05) is 0 Å². The molecule has 13 heavy (non-hydrogen) atoms. The fourth-order valence-electron chi connectivity index (χ4n) is 1.34. The molecule has 1 heteroatoms. The van der Waals surface area contributed by atoms with Crippen molar-refractivity contribution in [3.8, 4) is 0 Å². The quantitative estimate of drug-likeness (QED) is 0.696. The SMILES string of the molecule is Cc1ccc(CCCC(C)Br)cc1. The van der Waals surface area contributed by atoms with E-state index in [-0.39, 0.29) is 0 Å². The van der Waals surface area contributed by atoms with Crippen LogP contribution in [0.3, 0.4) is 0 Å². The van der Waals surface area contributed by atoms with Crippen LogP contribution in [0, 0.1) is 6.92 Å². The molecule has 0 radical (unpaired) electrons. The van der Waals surface area contributed by atoms with E-state index in [1.165, 1.54) is 30.4 Å². The van der Waals surface area contributed by atoms with Gasteiger partial charge < -0.3 is 0 Å². The van der Waals surface area contributed by atoms with Gasteiger partial charge in [-0.15, -0.1) is 0 Å². The zero-order valence-electron chi connectivity index (χ0n) is 8.39. The Morgan fingerprint density at radius 3 is 2.38 bits per heavy atom. The van der Waals surface area contributed by atoms with E-state index in [2.05, 4.69) is 54.0 Å². The molecule has 0 heterocycles. The van der Waals surface area contributed by atoms with Gasteiger partial charge in [0.25, 0.3) is 0 Å². The molecule has 1 aromatic carbocycles. The van der Waals surface area contributed by atoms with Gasteiger partial charge in [0.05, 0.1) is 0 Å². The maximum Gasteiger partial charge on any atom is 0.0117 e. The van der Waals surface area contributed by atoms with Crippen LogP contribution in [0.4, 0.5) is 0 Å². The molecular weight excluding hydrogens is 224 g/mol. The lowest BCUT2D eigenvalue weighted by molar-refractivity contribution is 0.736. The maximum absolute atomic E-state index is 3.56. The van der Waals surface area contributed by atoms with Gasteiger partial charge in [0, 0.05) is 4.83 Å². The van der Waals surface area contributed by atoms with E-state index < -0.39 is 0 Å². The Hall–Kier alpha value is -0.300. The monoisotopic (exact) mass is 240 g/mol. The van der Waals surface area contributed by atoms with Crippen LogP contribution < -0.4 is 0 Å². The number of alkyl halides is 1. The van der Waals surface area contributed by atoms with Crippen molar-refractivity contribution < 1.29 is 0 Å². The molecule has 0 aliphatic heterocycles. The first-order chi connectivity index (χ1) is 6.18. The van der Waals surface area contributed by atoms with Crippen LogP contribution in [0.2, 0.25) is 0 Å². The number of halogens is 1. The van der Waals surface area contributed by atoms with Crippen LogP contribution in [0.5, 0.6) is 0 Å². The first-order valence-corrected chi connectivity index (χ1v) is 5.79. The molecular formula is C12H17Br. The highest BCUT2D eigenvalue weighted by atomic mass is 79.9. The summed E-state index contributed by atoms with van der Waals surface area (Å²) >= 11 is 3.56. The van der Waals surface area contributed by atoms with Crippen LogP contribution in [-0.4, -0.2) is 4.83 Å². The molecule has 0 nitrogen and oxygen atoms in total. The maximum atomic E-state index is 3.56. The summed E-state index contributed by atoms with van der Waals surface area (Å²) in [6.45, 7) is 4.33. The second-order valence-electron chi connectivity index (χ2n) is 3.66. The number of rotatable bonds is 4. The molecule has 0 bridgehead atoms. The summed E-state index contributed by atoms with van der Waals surface area (Å²) in [5.41, 5.74) is 2.80. The number of benzene rings is 1. The van der Waals surface area contributed by atoms with Crippen molar-refractivity contribution >= 4 is 15.9 Å². The van der Waals surface area contributed by atoms with Crippen molar-refractivity contribution in [1.29, 1.82) is 0 Å². The second kappa shape index (κ2) is 5.43. The first-order valence-electron chi connectivity index (χ1n) is 4.88. The molecule has 0 spiro atoms. The zero-order valence-corrected chi connectivity index (χ0v) is 9.97. The van der Waals surface area contributed by atoms with Crippen LogP contribution in [-0.2, 0) is 6.42 Å². The van der Waals surface area contributed by atoms with Gasteiger partial charge in [0.15, 0.2) is 0 Å². The highest BCUT2D eigenvalue weighted by molar-refractivity contribution is 9.09. The molecule has 1 atom stereocenters. The topological polar surface area (TPSA) is 0 Å². The Morgan fingerprint density at radius 2 is 1.85 bits per heavy atom. The normalized spacial score (nSPS) is 12.8. The van der Waals surface area contributed by atoms with Gasteiger partial charge in [0.2, 0.25) is 0 Å². The Balaban J connectivity index is 2.33. The van der Waals surface area contributed by atoms with E-state index in [9.17, 15) is 0 Å². The molecule has 0 saturated heterocycles. The molecule has 0 aliphatic rings. The van der Waals surface area contributed by atoms with Crippen LogP contribution >= 0.6 is 15.9 Å². The second-order valence-corrected chi connectivity index (χ2v) is 5.22. The van der Waals surface area contributed by atoms with Gasteiger partial charge in [-0.1, -0.05) is 52.7 Å². The van der Waals surface area contributed by atoms with Gasteiger partial charge in [0.1, 0.15) is 0 Å². The lowest BCUT2D eigenvalue weighted by Gasteiger charge is -2.03. The van der Waals surface area contributed by atoms with E-state index in [4.69, 9.17) is 0 Å². The Morgan fingerprint density at radius 1 is 1.23 bits per heavy atom. The van der Waals surface area contributed by atoms with Crippen molar-refractivity contribution in [2.45, 2.75) is 37.9 Å². The summed E-state index contributed by atoms with van der Waals surface area (Å²) in [4.78, 5) is 0.651. The van der Waals surface area contributed by atoms with E-state index in [0.29, 0.717) is 4.83 Å². The third kappa shape index (κ3) is 4.47. The van der Waals surface area contributed by atoms with Gasteiger partial charge in [-0.25, -0.2) is 0 Å². The molecule has 0 saturated carbocycles. The van der Waals surface area contributed by atoms with Crippen LogP contribution in [0.1, 0.15) is 30.9 Å². The van der Waals surface area contributed by atoms with Crippen LogP contribution in [0.15, 0.2) is 24.3 Å². The molecule has 0 aliphatic carbocycles. The summed E-state index contributed by atoms with van der Waals surface area (Å²) in [5.74, 6) is 0. The smallest absolute Gasteiger partial charge is 0.0117 e. The van der Waals surface area contributed by atoms with Gasteiger partial charge >= 0.3 is 0 Å². The average Bonchev–Trinajstić information content (AvgIpc) is 2.08. The molecule has 1 aromatic rings. The fourth-order valence-corrected chi connectivity index (χ4v) is 1.67. The molecule has 0 amide bonds. The standard InChI is InChI=1S/C12H17Br/c1-10-6-8-12(9-7-10)5-3-4-11(2)13/h6-9,11H,3-5H2,1-2H3. The van der Waals surface area contributed by atoms with Crippen molar-refractivity contribution in [3.05, 3.63) is 35.4 Å². The van der Waals surface area contributed by atoms with E-state index in [1.54, 1.807) is 0 Å². The average molecular weight is 241 g/mol. The summed E-state index contributed by atoms with van der Waals surface area (Å²) in [6.07, 6.45) is 3.74. The third-order valence-corrected chi connectivity index (χ3v) is 2.65. The van der Waals surface area contributed by atoms with Crippen LogP contribution in [0.25, 0.3) is 0 Å². The molecule has 1 rings (SSSR count). The summed E-state index contributed by atoms with van der Waals surface area (Å²) < 4.78 is 0. The van der Waals surface area contributed by atoms with Crippen molar-refractivity contribution in [2.24, 2.45) is 0 Å². The molecule has 0 N–H and O–H groups in total. The van der Waals surface area contributed by atoms with Gasteiger partial charge in [-0.2, -0.15) is 0 Å². The lowest BCUT2D eigenvalue weighted by Crippen LogP contribution is -1.92. The highest BCUT2D eigenvalue weighted by Gasteiger charge is 1.96. The molecule has 1 unspecified atom stereocenters. The van der Waals surface area contributed by atoms with Crippen molar-refractivity contribution in [3.63, 3.8) is 0 Å². The van der Waals surface area contributed by atoms with Crippen molar-refractivity contribution in [2.75, 3.05) is 0 Å². The highest BCUT2D eigenvalue weighted by Crippen LogP contribution is 2.11. The molecule has 0 aromatic heterocycles. The Bertz CT molecular complexity index is 236. The minimum absolute atomic E-state index is 0.651. The zero-order chi connectivity index (χ0) is 9.68. The summed E-state index contributed by atoms with van der Waals surface area (Å²) in [6, 6.07) is 8.84. The molecule has 0 fully saturated rings. The predicted octanol–water partition coefficient (Wildman–Crippen LogP) is 4.10. The Labute approximate surface area is 89.5 Å². The fraction of sp³-hybridized carbons (Fsp3) is 0.500. The van der Waals surface area contributed by atoms with Gasteiger partial charge in [-0.3, -0.25) is 0 Å². The minimum atomic E-state index is 0.651. The first kappa shape index (κ1) is 10.8. The lowest BCUT2D eigenvalue weighted by atomic mass is 10.1. The number of aryl methyl sites for hydroxylation is 2. The summed E-state index contributed by atoms with van der Waals surface area (Å²) in [5, 5.41) is 0. The van der Waals surface area contributed by atoms with E-state index in [0.717, 1.165) is 0 Å². The minimum Gasteiger partial charge on any atom is -0.0894 e. The molecule has 72 valence electrons. The van der Waals surface area contributed by atoms with Gasteiger partial charge in [-0.05, 0) is 31.7 Å². The van der Waals surface area contributed by atoms with E-state index >= 15 is 0 Å². The summed E-state index contributed by atoms with van der Waals surface area (Å²) in [7, 11) is 0. The number of hydrogen-bond donors (Lipinski definition) is 0. The number of hydrogen-bond acceptors (Lipinski definition) is 0. The third-order valence-electron chi connectivity index (χ3n) is 2.19. The Kier molecular flexibility index (Phi) is 4.51.